The van der Waals surface area contributed by atoms with Crippen LogP contribution in [0, 0.1) is 5.92 Å². The quantitative estimate of drug-likeness (QED) is 0.716. The zero-order chi connectivity index (χ0) is 16.7. The number of hydrogen-bond donors (Lipinski definition) is 2. The van der Waals surface area contributed by atoms with Crippen LogP contribution in [-0.4, -0.2) is 50.0 Å². The van der Waals surface area contributed by atoms with E-state index in [-0.39, 0.29) is 24.2 Å². The molecule has 1 aromatic rings. The van der Waals surface area contributed by atoms with E-state index in [1.807, 2.05) is 18.2 Å². The highest BCUT2D eigenvalue weighted by Gasteiger charge is 2.30. The molecule has 6 nitrogen and oxygen atoms in total. The lowest BCUT2D eigenvalue weighted by Crippen LogP contribution is -2.43. The first-order valence-electron chi connectivity index (χ1n) is 7.93. The average molecular weight is 340 g/mol. The largest absolute Gasteiger partial charge is 0.396 e. The second-order valence-electron chi connectivity index (χ2n) is 5.78. The normalized spacial score (nSPS) is 17.1. The van der Waals surface area contributed by atoms with Gasteiger partial charge >= 0.3 is 0 Å². The lowest BCUT2D eigenvalue weighted by atomic mass is 9.97. The zero-order valence-corrected chi connectivity index (χ0v) is 14.0. The van der Waals surface area contributed by atoms with E-state index in [0.717, 1.165) is 5.56 Å². The molecule has 0 aromatic heterocycles. The first kappa shape index (κ1) is 17.9. The van der Waals surface area contributed by atoms with Gasteiger partial charge in [0.15, 0.2) is 0 Å². The first-order valence-corrected chi connectivity index (χ1v) is 9.54. The Morgan fingerprint density at radius 3 is 2.48 bits per heavy atom. The van der Waals surface area contributed by atoms with E-state index in [1.54, 1.807) is 12.1 Å². The Morgan fingerprint density at radius 1 is 1.22 bits per heavy atom. The maximum absolute atomic E-state index is 12.4. The lowest BCUT2D eigenvalue weighted by molar-refractivity contribution is -0.126. The maximum atomic E-state index is 12.4. The Hall–Kier alpha value is -1.44. The molecule has 2 rings (SSSR count). The molecular weight excluding hydrogens is 316 g/mol. The topological polar surface area (TPSA) is 86.7 Å². The van der Waals surface area contributed by atoms with Gasteiger partial charge in [-0.05, 0) is 24.8 Å². The number of aliphatic hydroxyl groups excluding tert-OH is 1. The van der Waals surface area contributed by atoms with Crippen LogP contribution in [-0.2, 0) is 20.6 Å². The van der Waals surface area contributed by atoms with Crippen LogP contribution in [0.25, 0.3) is 0 Å². The molecule has 1 aliphatic rings. The van der Waals surface area contributed by atoms with Gasteiger partial charge in [0.05, 0.1) is 5.75 Å². The molecule has 0 unspecified atom stereocenters. The third kappa shape index (κ3) is 5.30. The van der Waals surface area contributed by atoms with E-state index in [1.165, 1.54) is 4.31 Å². The minimum absolute atomic E-state index is 0.00119. The van der Waals surface area contributed by atoms with Gasteiger partial charge in [0, 0.05) is 32.2 Å². The summed E-state index contributed by atoms with van der Waals surface area (Å²) in [7, 11) is -3.34. The van der Waals surface area contributed by atoms with Gasteiger partial charge in [-0.15, -0.1) is 0 Å². The van der Waals surface area contributed by atoms with Crippen LogP contribution in [0.15, 0.2) is 30.3 Å². The average Bonchev–Trinajstić information content (AvgIpc) is 2.55. The number of nitrogens with zero attached hydrogens (tertiary/aromatic N) is 1. The fourth-order valence-corrected chi connectivity index (χ4v) is 4.27. The van der Waals surface area contributed by atoms with Crippen molar-refractivity contribution in [3.63, 3.8) is 0 Å². The molecule has 1 saturated heterocycles. The number of carbonyl (C=O) groups excluding carboxylic acids is 1. The van der Waals surface area contributed by atoms with E-state index >= 15 is 0 Å². The second kappa shape index (κ2) is 8.42. The number of nitrogens with one attached hydrogen (secondary N) is 1. The third-order valence-corrected chi connectivity index (χ3v) is 5.89. The van der Waals surface area contributed by atoms with Gasteiger partial charge < -0.3 is 10.4 Å². The summed E-state index contributed by atoms with van der Waals surface area (Å²) in [5, 5.41) is 11.5. The third-order valence-electron chi connectivity index (χ3n) is 4.04. The van der Waals surface area contributed by atoms with Crippen molar-refractivity contribution in [1.29, 1.82) is 0 Å². The fourth-order valence-electron chi connectivity index (χ4n) is 2.71. The molecule has 23 heavy (non-hydrogen) atoms. The number of hydrogen-bond acceptors (Lipinski definition) is 4. The van der Waals surface area contributed by atoms with E-state index in [9.17, 15) is 13.2 Å². The molecule has 0 aliphatic carbocycles. The number of piperidine rings is 1. The summed E-state index contributed by atoms with van der Waals surface area (Å²) in [5.74, 6) is -0.184. The minimum atomic E-state index is -3.34. The van der Waals surface area contributed by atoms with Crippen molar-refractivity contribution < 1.29 is 18.3 Å². The molecule has 128 valence electrons. The number of amides is 1. The first-order chi connectivity index (χ1) is 11.0. The summed E-state index contributed by atoms with van der Waals surface area (Å²) in [6.45, 7) is 1.28. The monoisotopic (exact) mass is 340 g/mol. The van der Waals surface area contributed by atoms with Crippen LogP contribution < -0.4 is 5.32 Å². The molecule has 2 N–H and O–H groups in total. The molecule has 0 radical (unpaired) electrons. The van der Waals surface area contributed by atoms with Crippen molar-refractivity contribution in [1.82, 2.24) is 9.62 Å². The van der Waals surface area contributed by atoms with Crippen LogP contribution >= 0.6 is 0 Å². The Balaban J connectivity index is 1.84. The predicted molar refractivity (Wildman–Crippen MR) is 88.1 cm³/mol. The van der Waals surface area contributed by atoms with Gasteiger partial charge in [0.1, 0.15) is 0 Å². The van der Waals surface area contributed by atoms with Gasteiger partial charge in [0.25, 0.3) is 0 Å². The number of benzene rings is 1. The molecule has 0 saturated carbocycles. The number of sulfonamides is 1. The molecule has 0 spiro atoms. The summed E-state index contributed by atoms with van der Waals surface area (Å²) in [6, 6.07) is 9.12. The molecular formula is C16H24N2O4S. The molecule has 1 amide bonds. The van der Waals surface area contributed by atoms with Crippen LogP contribution in [0.3, 0.4) is 0 Å². The number of rotatable bonds is 7. The van der Waals surface area contributed by atoms with E-state index in [4.69, 9.17) is 5.11 Å². The van der Waals surface area contributed by atoms with Gasteiger partial charge in [0.2, 0.25) is 15.9 Å². The summed E-state index contributed by atoms with van der Waals surface area (Å²) in [6.07, 6.45) is 1.62. The second-order valence-corrected chi connectivity index (χ2v) is 7.75. The van der Waals surface area contributed by atoms with Crippen LogP contribution in [0.4, 0.5) is 0 Å². The van der Waals surface area contributed by atoms with Crippen LogP contribution in [0.5, 0.6) is 0 Å². The van der Waals surface area contributed by atoms with Crippen molar-refractivity contribution in [2.75, 3.05) is 26.2 Å². The van der Waals surface area contributed by atoms with E-state index in [0.29, 0.717) is 38.9 Å². The van der Waals surface area contributed by atoms with Crippen LogP contribution in [0.2, 0.25) is 0 Å². The smallest absolute Gasteiger partial charge is 0.223 e. The van der Waals surface area contributed by atoms with Gasteiger partial charge in [-0.25, -0.2) is 12.7 Å². The molecule has 1 aromatic carbocycles. The zero-order valence-electron chi connectivity index (χ0n) is 13.1. The summed E-state index contributed by atoms with van der Waals surface area (Å²) >= 11 is 0. The van der Waals surface area contributed by atoms with Gasteiger partial charge in [-0.2, -0.15) is 0 Å². The summed E-state index contributed by atoms with van der Waals surface area (Å²) in [5.41, 5.74) is 0.774. The molecule has 1 fully saturated rings. The standard InChI is InChI=1S/C16H24N2O4S/c19-12-4-9-17-16(20)15-7-10-18(11-8-15)23(21,22)13-14-5-2-1-3-6-14/h1-3,5-6,15,19H,4,7-13H2,(H,17,20). The molecule has 0 bridgehead atoms. The Labute approximate surface area is 137 Å². The fraction of sp³-hybridized carbons (Fsp3) is 0.562. The van der Waals surface area contributed by atoms with E-state index in [2.05, 4.69) is 5.32 Å². The lowest BCUT2D eigenvalue weighted by Gasteiger charge is -2.30. The summed E-state index contributed by atoms with van der Waals surface area (Å²) in [4.78, 5) is 12.0. The van der Waals surface area contributed by atoms with Crippen molar-refractivity contribution >= 4 is 15.9 Å². The van der Waals surface area contributed by atoms with Gasteiger partial charge in [-0.1, -0.05) is 30.3 Å². The SMILES string of the molecule is O=C(NCCCO)C1CCN(S(=O)(=O)Cc2ccccc2)CC1. The van der Waals surface area contributed by atoms with Crippen molar-refractivity contribution in [3.8, 4) is 0 Å². The molecule has 1 aliphatic heterocycles. The van der Waals surface area contributed by atoms with Crippen molar-refractivity contribution in [2.45, 2.75) is 25.0 Å². The minimum Gasteiger partial charge on any atom is -0.396 e. The Kier molecular flexibility index (Phi) is 6.56. The van der Waals surface area contributed by atoms with Crippen molar-refractivity contribution in [2.24, 2.45) is 5.92 Å². The highest BCUT2D eigenvalue weighted by Crippen LogP contribution is 2.21. The number of aliphatic hydroxyl groups is 1. The Bertz CT molecular complexity index is 596. The maximum Gasteiger partial charge on any atom is 0.223 e. The van der Waals surface area contributed by atoms with Crippen LogP contribution in [0.1, 0.15) is 24.8 Å². The highest BCUT2D eigenvalue weighted by atomic mass is 32.2. The molecule has 0 atom stereocenters. The number of carbonyl (C=O) groups is 1. The molecule has 7 heteroatoms. The highest BCUT2D eigenvalue weighted by molar-refractivity contribution is 7.88. The predicted octanol–water partition coefficient (Wildman–Crippen LogP) is 0.727. The Morgan fingerprint density at radius 2 is 1.87 bits per heavy atom. The van der Waals surface area contributed by atoms with Gasteiger partial charge in [-0.3, -0.25) is 4.79 Å². The molecule has 1 heterocycles. The summed E-state index contributed by atoms with van der Waals surface area (Å²) < 4.78 is 26.4. The van der Waals surface area contributed by atoms with E-state index < -0.39 is 10.0 Å². The van der Waals surface area contributed by atoms with Crippen molar-refractivity contribution in [3.05, 3.63) is 35.9 Å².